The molecule has 152 valence electrons. The van der Waals surface area contributed by atoms with E-state index in [1.165, 1.54) is 57.8 Å². The average Bonchev–Trinajstić information content (AvgIpc) is 2.92. The lowest BCUT2D eigenvalue weighted by atomic mass is 9.44. The van der Waals surface area contributed by atoms with Gasteiger partial charge >= 0.3 is 0 Å². The highest BCUT2D eigenvalue weighted by atomic mass is 16.3. The van der Waals surface area contributed by atoms with Crippen LogP contribution in [0.15, 0.2) is 11.6 Å². The van der Waals surface area contributed by atoms with Gasteiger partial charge in [-0.1, -0.05) is 38.3 Å². The maximum atomic E-state index is 11.1. The molecule has 5 aliphatic carbocycles. The van der Waals surface area contributed by atoms with Crippen LogP contribution in [0.3, 0.4) is 0 Å². The Balaban J connectivity index is 1.53. The smallest absolute Gasteiger partial charge is 0.0577 e. The van der Waals surface area contributed by atoms with Gasteiger partial charge in [-0.2, -0.15) is 0 Å². The summed E-state index contributed by atoms with van der Waals surface area (Å²) in [6.45, 7) is 7.22. The molecule has 0 aromatic carbocycles. The summed E-state index contributed by atoms with van der Waals surface area (Å²) in [6.07, 6.45) is 15.9. The molecule has 0 aromatic rings. The SMILES string of the molecule is CC(O)[C@@]12CCCC[C@@H]1CC1C3CC=C4C[C@H](O)CC[C@@]4(C)C3CC[C@]12C. The Hall–Kier alpha value is -0.340. The largest absolute Gasteiger partial charge is 0.393 e. The fraction of sp³-hybridized carbons (Fsp3) is 0.920. The van der Waals surface area contributed by atoms with Crippen molar-refractivity contribution < 1.29 is 10.2 Å². The average molecular weight is 373 g/mol. The third-order valence-corrected chi connectivity index (χ3v) is 10.9. The highest BCUT2D eigenvalue weighted by molar-refractivity contribution is 5.27. The molecule has 0 radical (unpaired) electrons. The number of aliphatic hydroxyl groups excluding tert-OH is 2. The van der Waals surface area contributed by atoms with E-state index in [0.29, 0.717) is 10.8 Å². The van der Waals surface area contributed by atoms with Crippen LogP contribution in [0.2, 0.25) is 0 Å². The molecule has 2 heteroatoms. The number of hydrogen-bond acceptors (Lipinski definition) is 2. The zero-order valence-electron chi connectivity index (χ0n) is 17.7. The minimum atomic E-state index is -0.163. The van der Waals surface area contributed by atoms with Gasteiger partial charge in [0.05, 0.1) is 12.2 Å². The van der Waals surface area contributed by atoms with Crippen LogP contribution < -0.4 is 0 Å². The van der Waals surface area contributed by atoms with E-state index >= 15 is 0 Å². The molecule has 0 bridgehead atoms. The van der Waals surface area contributed by atoms with Gasteiger partial charge in [-0.05, 0) is 99.2 Å². The van der Waals surface area contributed by atoms with Crippen molar-refractivity contribution in [2.24, 2.45) is 39.9 Å². The summed E-state index contributed by atoms with van der Waals surface area (Å²) < 4.78 is 0. The fourth-order valence-corrected chi connectivity index (χ4v) is 9.66. The zero-order chi connectivity index (χ0) is 19.0. The van der Waals surface area contributed by atoms with Crippen LogP contribution in [0.5, 0.6) is 0 Å². The number of hydrogen-bond donors (Lipinski definition) is 2. The van der Waals surface area contributed by atoms with Gasteiger partial charge in [0.2, 0.25) is 0 Å². The monoisotopic (exact) mass is 372 g/mol. The molecule has 2 nitrogen and oxygen atoms in total. The summed E-state index contributed by atoms with van der Waals surface area (Å²) in [5, 5.41) is 21.3. The summed E-state index contributed by atoms with van der Waals surface area (Å²) in [5.41, 5.74) is 2.40. The summed E-state index contributed by atoms with van der Waals surface area (Å²) >= 11 is 0. The van der Waals surface area contributed by atoms with Crippen LogP contribution in [0.25, 0.3) is 0 Å². The second kappa shape index (κ2) is 6.08. The van der Waals surface area contributed by atoms with Gasteiger partial charge in [0.15, 0.2) is 0 Å². The molecule has 27 heavy (non-hydrogen) atoms. The van der Waals surface area contributed by atoms with Gasteiger partial charge in [-0.25, -0.2) is 0 Å². The molecule has 4 fully saturated rings. The van der Waals surface area contributed by atoms with Gasteiger partial charge in [-0.15, -0.1) is 0 Å². The zero-order valence-corrected chi connectivity index (χ0v) is 17.7. The van der Waals surface area contributed by atoms with Gasteiger partial charge < -0.3 is 10.2 Å². The standard InChI is InChI=1S/C25H40O2/c1-16(26)25-11-5-4-6-18(25)15-22-20-8-7-17-14-19(27)9-12-23(17,2)21(20)10-13-24(22,25)3/h7,16,18-22,26-27H,4-6,8-15H2,1-3H3/t16?,18-,19-,20?,21?,22?,23-,24-,25+/m1/s1. The van der Waals surface area contributed by atoms with E-state index in [9.17, 15) is 10.2 Å². The number of aliphatic hydroxyl groups is 2. The molecule has 0 aliphatic heterocycles. The Morgan fingerprint density at radius 3 is 2.63 bits per heavy atom. The van der Waals surface area contributed by atoms with Crippen molar-refractivity contribution in [3.05, 3.63) is 11.6 Å². The third-order valence-electron chi connectivity index (χ3n) is 10.9. The Morgan fingerprint density at radius 2 is 1.85 bits per heavy atom. The Kier molecular flexibility index (Phi) is 4.21. The van der Waals surface area contributed by atoms with E-state index < -0.39 is 0 Å². The second-order valence-corrected chi connectivity index (χ2v) is 11.5. The topological polar surface area (TPSA) is 40.5 Å². The van der Waals surface area contributed by atoms with Crippen molar-refractivity contribution in [3.63, 3.8) is 0 Å². The number of rotatable bonds is 1. The molecule has 0 spiro atoms. The van der Waals surface area contributed by atoms with Crippen LogP contribution in [-0.2, 0) is 0 Å². The van der Waals surface area contributed by atoms with Crippen molar-refractivity contribution >= 4 is 0 Å². The minimum Gasteiger partial charge on any atom is -0.393 e. The predicted octanol–water partition coefficient (Wildman–Crippen LogP) is 5.48. The summed E-state index contributed by atoms with van der Waals surface area (Å²) in [7, 11) is 0. The lowest BCUT2D eigenvalue weighted by Gasteiger charge is -2.61. The van der Waals surface area contributed by atoms with Crippen molar-refractivity contribution in [2.45, 2.75) is 104 Å². The van der Waals surface area contributed by atoms with Gasteiger partial charge in [0, 0.05) is 5.41 Å². The van der Waals surface area contributed by atoms with Crippen molar-refractivity contribution in [2.75, 3.05) is 0 Å². The Bertz CT molecular complexity index is 638. The first kappa shape index (κ1) is 18.7. The van der Waals surface area contributed by atoms with E-state index in [1.54, 1.807) is 5.57 Å². The normalized spacial score (nSPS) is 55.6. The molecule has 4 unspecified atom stereocenters. The molecule has 0 amide bonds. The minimum absolute atomic E-state index is 0.109. The molecule has 2 N–H and O–H groups in total. The van der Waals surface area contributed by atoms with E-state index in [0.717, 1.165) is 36.5 Å². The van der Waals surface area contributed by atoms with E-state index in [1.807, 2.05) is 0 Å². The van der Waals surface area contributed by atoms with Crippen LogP contribution in [-0.4, -0.2) is 22.4 Å². The van der Waals surface area contributed by atoms with Crippen LogP contribution in [0.1, 0.15) is 91.4 Å². The molecule has 9 atom stereocenters. The van der Waals surface area contributed by atoms with Crippen LogP contribution in [0.4, 0.5) is 0 Å². The third kappa shape index (κ3) is 2.26. The Labute approximate surface area is 165 Å². The van der Waals surface area contributed by atoms with Gasteiger partial charge in [-0.3, -0.25) is 0 Å². The summed E-state index contributed by atoms with van der Waals surface area (Å²) in [4.78, 5) is 0. The quantitative estimate of drug-likeness (QED) is 0.599. The lowest BCUT2D eigenvalue weighted by Crippen LogP contribution is -2.56. The predicted molar refractivity (Wildman–Crippen MR) is 109 cm³/mol. The van der Waals surface area contributed by atoms with Crippen molar-refractivity contribution in [1.29, 1.82) is 0 Å². The van der Waals surface area contributed by atoms with Crippen molar-refractivity contribution in [1.82, 2.24) is 0 Å². The van der Waals surface area contributed by atoms with Crippen LogP contribution >= 0.6 is 0 Å². The molecular formula is C25H40O2. The summed E-state index contributed by atoms with van der Waals surface area (Å²) in [5.74, 6) is 3.13. The molecule has 0 heterocycles. The molecule has 0 saturated heterocycles. The first-order valence-electron chi connectivity index (χ1n) is 11.9. The number of allylic oxidation sites excluding steroid dienone is 1. The fourth-order valence-electron chi connectivity index (χ4n) is 9.66. The molecule has 4 saturated carbocycles. The van der Waals surface area contributed by atoms with E-state index in [4.69, 9.17) is 0 Å². The highest BCUT2D eigenvalue weighted by Crippen LogP contribution is 2.74. The van der Waals surface area contributed by atoms with Crippen molar-refractivity contribution in [3.8, 4) is 0 Å². The molecular weight excluding hydrogens is 332 g/mol. The molecule has 0 aromatic heterocycles. The van der Waals surface area contributed by atoms with Gasteiger partial charge in [0.1, 0.15) is 0 Å². The second-order valence-electron chi connectivity index (χ2n) is 11.5. The Morgan fingerprint density at radius 1 is 1.04 bits per heavy atom. The van der Waals surface area contributed by atoms with E-state index in [-0.39, 0.29) is 17.6 Å². The molecule has 5 aliphatic rings. The molecule has 5 rings (SSSR count). The lowest BCUT2D eigenvalue weighted by molar-refractivity contribution is -0.139. The number of fused-ring (bicyclic) bond motifs is 7. The maximum Gasteiger partial charge on any atom is 0.0577 e. The van der Waals surface area contributed by atoms with E-state index in [2.05, 4.69) is 26.8 Å². The van der Waals surface area contributed by atoms with Crippen LogP contribution in [0, 0.1) is 39.9 Å². The first-order chi connectivity index (χ1) is 12.8. The van der Waals surface area contributed by atoms with Gasteiger partial charge in [0.25, 0.3) is 0 Å². The first-order valence-corrected chi connectivity index (χ1v) is 11.9. The highest BCUT2D eigenvalue weighted by Gasteiger charge is 2.68. The summed E-state index contributed by atoms with van der Waals surface area (Å²) in [6, 6.07) is 0. The maximum absolute atomic E-state index is 11.1.